The van der Waals surface area contributed by atoms with E-state index in [9.17, 15) is 0 Å². The highest BCUT2D eigenvalue weighted by Crippen LogP contribution is 2.24. The predicted molar refractivity (Wildman–Crippen MR) is 74.9 cm³/mol. The highest BCUT2D eigenvalue weighted by Gasteiger charge is 2.21. The molecule has 0 bridgehead atoms. The van der Waals surface area contributed by atoms with Gasteiger partial charge in [-0.15, -0.1) is 0 Å². The third kappa shape index (κ3) is 3.47. The Morgan fingerprint density at radius 3 is 2.78 bits per heavy atom. The summed E-state index contributed by atoms with van der Waals surface area (Å²) in [5.41, 5.74) is 8.80. The first kappa shape index (κ1) is 13.4. The summed E-state index contributed by atoms with van der Waals surface area (Å²) < 4.78 is 5.55. The van der Waals surface area contributed by atoms with Gasteiger partial charge in [0.1, 0.15) is 5.75 Å². The maximum atomic E-state index is 6.09. The molecule has 0 amide bonds. The smallest absolute Gasteiger partial charge is 0.119 e. The lowest BCUT2D eigenvalue weighted by molar-refractivity contribution is 0.209. The van der Waals surface area contributed by atoms with E-state index in [-0.39, 0.29) is 5.54 Å². The van der Waals surface area contributed by atoms with E-state index in [1.165, 1.54) is 11.1 Å². The van der Waals surface area contributed by atoms with Gasteiger partial charge in [-0.05, 0) is 50.5 Å². The summed E-state index contributed by atoms with van der Waals surface area (Å²) in [5.74, 6) is 0.990. The summed E-state index contributed by atoms with van der Waals surface area (Å²) in [6.07, 6.45) is 1.09. The van der Waals surface area contributed by atoms with Crippen molar-refractivity contribution in [3.8, 4) is 5.75 Å². The summed E-state index contributed by atoms with van der Waals surface area (Å²) >= 11 is 0. The van der Waals surface area contributed by atoms with Gasteiger partial charge in [0.2, 0.25) is 0 Å². The standard InChI is InChI=1S/C15H24N2O/c1-4-18-14-6-5-13-10-17(11-15(2,3)16)8-7-12(13)9-14/h5-6,9H,4,7-8,10-11,16H2,1-3H3. The van der Waals surface area contributed by atoms with Gasteiger partial charge >= 0.3 is 0 Å². The lowest BCUT2D eigenvalue weighted by Gasteiger charge is -2.33. The Hall–Kier alpha value is -1.06. The molecule has 0 atom stereocenters. The van der Waals surface area contributed by atoms with Crippen LogP contribution in [0.3, 0.4) is 0 Å². The summed E-state index contributed by atoms with van der Waals surface area (Å²) in [6, 6.07) is 6.44. The van der Waals surface area contributed by atoms with Gasteiger partial charge in [0.15, 0.2) is 0 Å². The van der Waals surface area contributed by atoms with Crippen LogP contribution in [0, 0.1) is 0 Å². The maximum Gasteiger partial charge on any atom is 0.119 e. The largest absolute Gasteiger partial charge is 0.494 e. The summed E-state index contributed by atoms with van der Waals surface area (Å²) in [6.45, 7) is 9.95. The number of hydrogen-bond donors (Lipinski definition) is 1. The van der Waals surface area contributed by atoms with E-state index in [2.05, 4.69) is 36.9 Å². The third-order valence-electron chi connectivity index (χ3n) is 3.21. The average Bonchev–Trinajstić information content (AvgIpc) is 2.27. The minimum Gasteiger partial charge on any atom is -0.494 e. The topological polar surface area (TPSA) is 38.5 Å². The fourth-order valence-electron chi connectivity index (χ4n) is 2.56. The lowest BCUT2D eigenvalue weighted by Crippen LogP contribution is -2.46. The molecule has 3 nitrogen and oxygen atoms in total. The number of benzene rings is 1. The van der Waals surface area contributed by atoms with E-state index in [4.69, 9.17) is 10.5 Å². The van der Waals surface area contributed by atoms with E-state index in [1.54, 1.807) is 0 Å². The SMILES string of the molecule is CCOc1ccc2c(c1)CCN(CC(C)(C)N)C2. The summed E-state index contributed by atoms with van der Waals surface area (Å²) in [5, 5.41) is 0. The summed E-state index contributed by atoms with van der Waals surface area (Å²) in [4.78, 5) is 2.43. The average molecular weight is 248 g/mol. The van der Waals surface area contributed by atoms with Crippen molar-refractivity contribution in [2.45, 2.75) is 39.3 Å². The number of fused-ring (bicyclic) bond motifs is 1. The van der Waals surface area contributed by atoms with Crippen molar-refractivity contribution >= 4 is 0 Å². The fourth-order valence-corrected chi connectivity index (χ4v) is 2.56. The molecule has 2 rings (SSSR count). The van der Waals surface area contributed by atoms with Crippen LogP contribution in [0.1, 0.15) is 31.9 Å². The van der Waals surface area contributed by atoms with Crippen LogP contribution in [0.25, 0.3) is 0 Å². The zero-order chi connectivity index (χ0) is 13.2. The highest BCUT2D eigenvalue weighted by molar-refractivity contribution is 5.37. The van der Waals surface area contributed by atoms with Crippen molar-refractivity contribution in [3.63, 3.8) is 0 Å². The molecular weight excluding hydrogens is 224 g/mol. The van der Waals surface area contributed by atoms with Crippen LogP contribution in [0.5, 0.6) is 5.75 Å². The Morgan fingerprint density at radius 1 is 1.33 bits per heavy atom. The van der Waals surface area contributed by atoms with Gasteiger partial charge in [-0.2, -0.15) is 0 Å². The van der Waals surface area contributed by atoms with Crippen LogP contribution >= 0.6 is 0 Å². The fraction of sp³-hybridized carbons (Fsp3) is 0.600. The molecule has 0 fully saturated rings. The zero-order valence-electron chi connectivity index (χ0n) is 11.7. The Morgan fingerprint density at radius 2 is 2.11 bits per heavy atom. The number of nitrogens with two attached hydrogens (primary N) is 1. The minimum atomic E-state index is -0.122. The van der Waals surface area contributed by atoms with Gasteiger partial charge in [-0.1, -0.05) is 6.07 Å². The normalized spacial score (nSPS) is 16.4. The van der Waals surface area contributed by atoms with Crippen molar-refractivity contribution < 1.29 is 4.74 Å². The van der Waals surface area contributed by atoms with Crippen LogP contribution in [0.2, 0.25) is 0 Å². The summed E-state index contributed by atoms with van der Waals surface area (Å²) in [7, 11) is 0. The molecule has 18 heavy (non-hydrogen) atoms. The first-order valence-electron chi connectivity index (χ1n) is 6.74. The molecule has 1 aromatic carbocycles. The van der Waals surface area contributed by atoms with Gasteiger partial charge < -0.3 is 10.5 Å². The first-order chi connectivity index (χ1) is 8.48. The van der Waals surface area contributed by atoms with Gasteiger partial charge in [0.05, 0.1) is 6.61 Å². The number of ether oxygens (including phenoxy) is 1. The van der Waals surface area contributed by atoms with Gasteiger partial charge in [-0.25, -0.2) is 0 Å². The molecular formula is C15H24N2O. The van der Waals surface area contributed by atoms with Crippen molar-refractivity contribution in [1.29, 1.82) is 0 Å². The molecule has 0 saturated carbocycles. The second kappa shape index (κ2) is 5.29. The quantitative estimate of drug-likeness (QED) is 0.887. The van der Waals surface area contributed by atoms with Gasteiger partial charge in [0, 0.05) is 25.2 Å². The zero-order valence-corrected chi connectivity index (χ0v) is 11.7. The Bertz CT molecular complexity index is 409. The second-order valence-corrected chi connectivity index (χ2v) is 5.81. The van der Waals surface area contributed by atoms with E-state index in [1.807, 2.05) is 6.92 Å². The molecule has 2 N–H and O–H groups in total. The van der Waals surface area contributed by atoms with E-state index in [0.29, 0.717) is 0 Å². The highest BCUT2D eigenvalue weighted by atomic mass is 16.5. The molecule has 0 spiro atoms. The molecule has 0 aliphatic carbocycles. The molecule has 1 aromatic rings. The molecule has 3 heteroatoms. The van der Waals surface area contributed by atoms with Crippen molar-refractivity contribution in [2.75, 3.05) is 19.7 Å². The number of nitrogens with zero attached hydrogens (tertiary/aromatic N) is 1. The van der Waals surface area contributed by atoms with Gasteiger partial charge in [0.25, 0.3) is 0 Å². The molecule has 1 aliphatic rings. The van der Waals surface area contributed by atoms with Crippen LogP contribution in [-0.4, -0.2) is 30.1 Å². The second-order valence-electron chi connectivity index (χ2n) is 5.81. The molecule has 0 saturated heterocycles. The van der Waals surface area contributed by atoms with Gasteiger partial charge in [-0.3, -0.25) is 4.90 Å². The third-order valence-corrected chi connectivity index (χ3v) is 3.21. The number of hydrogen-bond acceptors (Lipinski definition) is 3. The molecule has 0 radical (unpaired) electrons. The molecule has 1 heterocycles. The Balaban J connectivity index is 2.06. The van der Waals surface area contributed by atoms with Crippen LogP contribution in [0.4, 0.5) is 0 Å². The molecule has 0 aromatic heterocycles. The minimum absolute atomic E-state index is 0.122. The Labute approximate surface area is 110 Å². The van der Waals surface area contributed by atoms with E-state index >= 15 is 0 Å². The van der Waals surface area contributed by atoms with E-state index in [0.717, 1.165) is 38.4 Å². The first-order valence-corrected chi connectivity index (χ1v) is 6.74. The lowest BCUT2D eigenvalue weighted by atomic mass is 9.97. The number of rotatable bonds is 4. The molecule has 100 valence electrons. The van der Waals surface area contributed by atoms with Crippen LogP contribution < -0.4 is 10.5 Å². The molecule has 0 unspecified atom stereocenters. The van der Waals surface area contributed by atoms with Crippen molar-refractivity contribution in [2.24, 2.45) is 5.73 Å². The maximum absolute atomic E-state index is 6.09. The predicted octanol–water partition coefficient (Wildman–Crippen LogP) is 2.18. The van der Waals surface area contributed by atoms with Crippen LogP contribution in [0.15, 0.2) is 18.2 Å². The van der Waals surface area contributed by atoms with Crippen molar-refractivity contribution in [1.82, 2.24) is 4.90 Å². The molecule has 1 aliphatic heterocycles. The monoisotopic (exact) mass is 248 g/mol. The van der Waals surface area contributed by atoms with Crippen molar-refractivity contribution in [3.05, 3.63) is 29.3 Å². The Kier molecular flexibility index (Phi) is 3.93. The van der Waals surface area contributed by atoms with E-state index < -0.39 is 0 Å². The van der Waals surface area contributed by atoms with Crippen LogP contribution in [-0.2, 0) is 13.0 Å².